The van der Waals surface area contributed by atoms with E-state index < -0.39 is 23.7 Å². The highest BCUT2D eigenvalue weighted by atomic mass is 16.6. The number of ether oxygens (including phenoxy) is 2. The van der Waals surface area contributed by atoms with E-state index in [4.69, 9.17) is 20.3 Å². The summed E-state index contributed by atoms with van der Waals surface area (Å²) in [5, 5.41) is 8.75. The highest BCUT2D eigenvalue weighted by Crippen LogP contribution is 2.15. The molecule has 0 spiro atoms. The number of rotatable bonds is 3. The first-order valence-corrected chi connectivity index (χ1v) is 6.27. The molecule has 7 nitrogen and oxygen atoms in total. The van der Waals surface area contributed by atoms with Gasteiger partial charge in [0.05, 0.1) is 19.3 Å². The van der Waals surface area contributed by atoms with Crippen LogP contribution in [-0.2, 0) is 14.3 Å². The first-order valence-electron chi connectivity index (χ1n) is 6.27. The number of carboxylic acid groups (broad SMARTS) is 1. The fraction of sp³-hybridized carbons (Fsp3) is 0.833. The van der Waals surface area contributed by atoms with Crippen molar-refractivity contribution in [2.75, 3.05) is 19.7 Å². The minimum absolute atomic E-state index is 0.175. The Morgan fingerprint density at radius 2 is 2.16 bits per heavy atom. The van der Waals surface area contributed by atoms with Crippen LogP contribution < -0.4 is 5.73 Å². The van der Waals surface area contributed by atoms with Crippen LogP contribution in [-0.4, -0.2) is 59.5 Å². The Morgan fingerprint density at radius 3 is 2.68 bits per heavy atom. The van der Waals surface area contributed by atoms with Crippen molar-refractivity contribution in [1.82, 2.24) is 4.90 Å². The maximum absolute atomic E-state index is 11.9. The number of carbonyl (C=O) groups excluding carboxylic acids is 1. The third-order valence-electron chi connectivity index (χ3n) is 2.62. The highest BCUT2D eigenvalue weighted by molar-refractivity contribution is 5.73. The number of carbonyl (C=O) groups is 2. The molecule has 110 valence electrons. The molecule has 1 aliphatic rings. The number of nitrogens with two attached hydrogens (primary N) is 1. The van der Waals surface area contributed by atoms with Crippen LogP contribution in [0.2, 0.25) is 0 Å². The smallest absolute Gasteiger partial charge is 0.410 e. The van der Waals surface area contributed by atoms with Gasteiger partial charge in [0.2, 0.25) is 0 Å². The highest BCUT2D eigenvalue weighted by Gasteiger charge is 2.30. The Bertz CT molecular complexity index is 340. The summed E-state index contributed by atoms with van der Waals surface area (Å²) in [6, 6.07) is -0.983. The molecule has 2 unspecified atom stereocenters. The summed E-state index contributed by atoms with van der Waals surface area (Å²) in [6.07, 6.45) is -0.605. The van der Waals surface area contributed by atoms with Crippen molar-refractivity contribution in [3.8, 4) is 0 Å². The second-order valence-corrected chi connectivity index (χ2v) is 5.60. The van der Waals surface area contributed by atoms with Crippen LogP contribution in [0.1, 0.15) is 27.2 Å². The van der Waals surface area contributed by atoms with Gasteiger partial charge in [-0.1, -0.05) is 0 Å². The van der Waals surface area contributed by atoms with Crippen LogP contribution in [0.4, 0.5) is 4.79 Å². The third-order valence-corrected chi connectivity index (χ3v) is 2.62. The predicted molar refractivity (Wildman–Crippen MR) is 67.8 cm³/mol. The second kappa shape index (κ2) is 6.21. The van der Waals surface area contributed by atoms with E-state index in [0.717, 1.165) is 0 Å². The zero-order valence-corrected chi connectivity index (χ0v) is 11.6. The molecule has 0 radical (unpaired) electrons. The van der Waals surface area contributed by atoms with Crippen LogP contribution in [0.15, 0.2) is 0 Å². The molecular formula is C12H22N2O5. The summed E-state index contributed by atoms with van der Waals surface area (Å²) in [5.41, 5.74) is 4.90. The summed E-state index contributed by atoms with van der Waals surface area (Å²) < 4.78 is 10.7. The molecular weight excluding hydrogens is 252 g/mol. The third kappa shape index (κ3) is 5.44. The Labute approximate surface area is 112 Å². The van der Waals surface area contributed by atoms with Gasteiger partial charge >= 0.3 is 12.1 Å². The molecule has 0 saturated carbocycles. The van der Waals surface area contributed by atoms with Crippen LogP contribution in [0.5, 0.6) is 0 Å². The summed E-state index contributed by atoms with van der Waals surface area (Å²) in [4.78, 5) is 24.1. The van der Waals surface area contributed by atoms with Gasteiger partial charge in [0.25, 0.3) is 0 Å². The molecule has 0 aromatic heterocycles. The van der Waals surface area contributed by atoms with Crippen LogP contribution >= 0.6 is 0 Å². The van der Waals surface area contributed by atoms with Crippen molar-refractivity contribution >= 4 is 12.1 Å². The molecule has 1 heterocycles. The number of morpholine rings is 1. The molecule has 1 aliphatic heterocycles. The van der Waals surface area contributed by atoms with E-state index in [1.165, 1.54) is 4.90 Å². The molecule has 19 heavy (non-hydrogen) atoms. The monoisotopic (exact) mass is 274 g/mol. The van der Waals surface area contributed by atoms with Crippen molar-refractivity contribution < 1.29 is 24.2 Å². The number of hydrogen-bond donors (Lipinski definition) is 2. The van der Waals surface area contributed by atoms with E-state index in [9.17, 15) is 9.59 Å². The molecule has 1 saturated heterocycles. The van der Waals surface area contributed by atoms with Gasteiger partial charge in [0.15, 0.2) is 0 Å². The van der Waals surface area contributed by atoms with E-state index in [1.807, 2.05) is 0 Å². The van der Waals surface area contributed by atoms with Crippen molar-refractivity contribution in [3.05, 3.63) is 0 Å². The van der Waals surface area contributed by atoms with E-state index in [2.05, 4.69) is 0 Å². The van der Waals surface area contributed by atoms with Gasteiger partial charge in [-0.15, -0.1) is 0 Å². The lowest BCUT2D eigenvalue weighted by atomic mass is 10.1. The Hall–Kier alpha value is -1.34. The normalized spacial score (nSPS) is 21.9. The molecule has 7 heteroatoms. The second-order valence-electron chi connectivity index (χ2n) is 5.60. The van der Waals surface area contributed by atoms with Gasteiger partial charge in [-0.05, 0) is 20.8 Å². The molecule has 3 N–H and O–H groups in total. The Morgan fingerprint density at radius 1 is 1.53 bits per heavy atom. The molecule has 1 fully saturated rings. The average molecular weight is 274 g/mol. The number of hydrogen-bond acceptors (Lipinski definition) is 5. The van der Waals surface area contributed by atoms with Gasteiger partial charge in [-0.2, -0.15) is 0 Å². The first kappa shape index (κ1) is 15.7. The van der Waals surface area contributed by atoms with Crippen LogP contribution in [0.25, 0.3) is 0 Å². The quantitative estimate of drug-likeness (QED) is 0.773. The molecule has 2 atom stereocenters. The fourth-order valence-corrected chi connectivity index (χ4v) is 1.74. The van der Waals surface area contributed by atoms with E-state index in [-0.39, 0.29) is 12.5 Å². The van der Waals surface area contributed by atoms with Crippen LogP contribution in [0, 0.1) is 0 Å². The summed E-state index contributed by atoms with van der Waals surface area (Å²) >= 11 is 0. The van der Waals surface area contributed by atoms with E-state index in [0.29, 0.717) is 19.7 Å². The average Bonchev–Trinajstić information content (AvgIpc) is 2.27. The van der Waals surface area contributed by atoms with Gasteiger partial charge in [0.1, 0.15) is 11.6 Å². The van der Waals surface area contributed by atoms with Gasteiger partial charge in [0, 0.05) is 13.0 Å². The maximum Gasteiger partial charge on any atom is 0.410 e. The van der Waals surface area contributed by atoms with Gasteiger partial charge < -0.3 is 25.2 Å². The van der Waals surface area contributed by atoms with Crippen LogP contribution in [0.3, 0.4) is 0 Å². The number of amides is 1. The number of carboxylic acids is 1. The fourth-order valence-electron chi connectivity index (χ4n) is 1.74. The van der Waals surface area contributed by atoms with E-state index >= 15 is 0 Å². The van der Waals surface area contributed by atoms with Crippen molar-refractivity contribution in [3.63, 3.8) is 0 Å². The van der Waals surface area contributed by atoms with Gasteiger partial charge in [-0.25, -0.2) is 4.79 Å². The zero-order valence-electron chi connectivity index (χ0n) is 11.6. The maximum atomic E-state index is 11.9. The predicted octanol–water partition coefficient (Wildman–Crippen LogP) is 0.424. The minimum atomic E-state index is -1.07. The first-order chi connectivity index (χ1) is 8.69. The summed E-state index contributed by atoms with van der Waals surface area (Å²) in [5.74, 6) is -1.07. The summed E-state index contributed by atoms with van der Waals surface area (Å²) in [7, 11) is 0. The molecule has 0 bridgehead atoms. The SMILES string of the molecule is CC(C)(C)OC(=O)N1CCOC(CC(N)C(=O)O)C1. The molecule has 0 aromatic carbocycles. The number of aliphatic carboxylic acids is 1. The minimum Gasteiger partial charge on any atom is -0.480 e. The molecule has 0 aromatic rings. The topological polar surface area (TPSA) is 102 Å². The lowest BCUT2D eigenvalue weighted by Gasteiger charge is -2.34. The Kier molecular flexibility index (Phi) is 5.13. The molecule has 1 amide bonds. The summed E-state index contributed by atoms with van der Waals surface area (Å²) in [6.45, 7) is 6.48. The van der Waals surface area contributed by atoms with Crippen molar-refractivity contribution in [2.45, 2.75) is 44.9 Å². The zero-order chi connectivity index (χ0) is 14.6. The molecule has 1 rings (SSSR count). The Balaban J connectivity index is 2.50. The lowest BCUT2D eigenvalue weighted by molar-refractivity contribution is -0.140. The lowest BCUT2D eigenvalue weighted by Crippen LogP contribution is -2.49. The standard InChI is InChI=1S/C12H22N2O5/c1-12(2,3)19-11(17)14-4-5-18-8(7-14)6-9(13)10(15)16/h8-9H,4-7,13H2,1-3H3,(H,15,16). The number of nitrogens with zero attached hydrogens (tertiary/aromatic N) is 1. The van der Waals surface area contributed by atoms with Gasteiger partial charge in [-0.3, -0.25) is 4.79 Å². The largest absolute Gasteiger partial charge is 0.480 e. The molecule has 0 aliphatic carbocycles. The van der Waals surface area contributed by atoms with Crippen molar-refractivity contribution in [1.29, 1.82) is 0 Å². The van der Waals surface area contributed by atoms with E-state index in [1.54, 1.807) is 20.8 Å². The van der Waals surface area contributed by atoms with Crippen molar-refractivity contribution in [2.24, 2.45) is 5.73 Å².